The average molecular weight is 341 g/mol. The van der Waals surface area contributed by atoms with Gasteiger partial charge in [0.1, 0.15) is 12.4 Å². The van der Waals surface area contributed by atoms with Crippen LogP contribution in [0.4, 0.5) is 4.39 Å². The summed E-state index contributed by atoms with van der Waals surface area (Å²) in [5.74, 6) is -3.56. The fraction of sp³-hybridized carbons (Fsp3) is 0.0588. The number of carbonyl (C=O) groups is 4. The first-order valence-electron chi connectivity index (χ1n) is 7.28. The highest BCUT2D eigenvalue weighted by molar-refractivity contribution is 6.22. The van der Waals surface area contributed by atoms with Gasteiger partial charge in [0, 0.05) is 0 Å². The molecule has 0 unspecified atom stereocenters. The second kappa shape index (κ2) is 6.52. The highest BCUT2D eigenvalue weighted by Crippen LogP contribution is 2.21. The van der Waals surface area contributed by atoms with Crippen LogP contribution in [0.25, 0.3) is 0 Å². The van der Waals surface area contributed by atoms with Gasteiger partial charge in [-0.05, 0) is 24.3 Å². The van der Waals surface area contributed by atoms with Crippen LogP contribution in [0.2, 0.25) is 0 Å². The number of hydrogen-bond donors (Lipinski definition) is 2. The molecule has 8 heteroatoms. The smallest absolute Gasteiger partial charge is 0.271 e. The Kier molecular flexibility index (Phi) is 4.25. The van der Waals surface area contributed by atoms with Crippen LogP contribution in [-0.4, -0.2) is 35.1 Å². The van der Waals surface area contributed by atoms with Crippen LogP contribution in [0.15, 0.2) is 48.5 Å². The average Bonchev–Trinajstić information content (AvgIpc) is 2.85. The van der Waals surface area contributed by atoms with Gasteiger partial charge in [-0.2, -0.15) is 0 Å². The van der Waals surface area contributed by atoms with Gasteiger partial charge in [-0.1, -0.05) is 24.3 Å². The van der Waals surface area contributed by atoms with Crippen molar-refractivity contribution in [3.8, 4) is 0 Å². The molecule has 0 bridgehead atoms. The van der Waals surface area contributed by atoms with Crippen molar-refractivity contribution >= 4 is 23.6 Å². The molecule has 2 aromatic carbocycles. The lowest BCUT2D eigenvalue weighted by atomic mass is 10.1. The summed E-state index contributed by atoms with van der Waals surface area (Å²) < 4.78 is 13.5. The van der Waals surface area contributed by atoms with Gasteiger partial charge in [0.25, 0.3) is 23.6 Å². The maximum atomic E-state index is 13.5. The Labute approximate surface area is 141 Å². The van der Waals surface area contributed by atoms with Crippen molar-refractivity contribution in [2.75, 3.05) is 6.54 Å². The van der Waals surface area contributed by atoms with Crippen molar-refractivity contribution in [3.05, 3.63) is 71.0 Å². The Bertz CT molecular complexity index is 862. The predicted molar refractivity (Wildman–Crippen MR) is 83.8 cm³/mol. The minimum atomic E-state index is -0.853. The van der Waals surface area contributed by atoms with Gasteiger partial charge in [0.2, 0.25) is 0 Å². The first-order valence-corrected chi connectivity index (χ1v) is 7.28. The molecule has 0 radical (unpaired) electrons. The number of nitrogens with one attached hydrogen (secondary N) is 2. The first kappa shape index (κ1) is 16.3. The van der Waals surface area contributed by atoms with Gasteiger partial charge in [-0.3, -0.25) is 34.9 Å². The summed E-state index contributed by atoms with van der Waals surface area (Å²) in [7, 11) is 0. The Morgan fingerprint density at radius 3 is 2.04 bits per heavy atom. The number of carbonyl (C=O) groups excluding carboxylic acids is 4. The zero-order chi connectivity index (χ0) is 18.0. The molecule has 2 aromatic rings. The van der Waals surface area contributed by atoms with Crippen molar-refractivity contribution in [2.45, 2.75) is 0 Å². The van der Waals surface area contributed by atoms with E-state index in [4.69, 9.17) is 0 Å². The lowest BCUT2D eigenvalue weighted by Gasteiger charge is -2.14. The highest BCUT2D eigenvalue weighted by Gasteiger charge is 2.36. The molecule has 0 aliphatic carbocycles. The normalized spacial score (nSPS) is 12.8. The topological polar surface area (TPSA) is 95.6 Å². The molecule has 1 aliphatic heterocycles. The number of fused-ring (bicyclic) bond motifs is 1. The van der Waals surface area contributed by atoms with Crippen LogP contribution in [0, 0.1) is 5.82 Å². The summed E-state index contributed by atoms with van der Waals surface area (Å²) in [6, 6.07) is 11.5. The van der Waals surface area contributed by atoms with E-state index < -0.39 is 36.0 Å². The van der Waals surface area contributed by atoms with Crippen molar-refractivity contribution < 1.29 is 23.6 Å². The van der Waals surface area contributed by atoms with E-state index in [1.807, 2.05) is 5.43 Å². The highest BCUT2D eigenvalue weighted by atomic mass is 19.1. The third-order valence-corrected chi connectivity index (χ3v) is 3.61. The van der Waals surface area contributed by atoms with Crippen molar-refractivity contribution in [3.63, 3.8) is 0 Å². The van der Waals surface area contributed by atoms with Crippen molar-refractivity contribution in [1.82, 2.24) is 15.8 Å². The number of benzene rings is 2. The molecule has 3 rings (SSSR count). The Morgan fingerprint density at radius 2 is 1.44 bits per heavy atom. The Balaban J connectivity index is 1.61. The number of rotatable bonds is 3. The monoisotopic (exact) mass is 341 g/mol. The first-order chi connectivity index (χ1) is 12.0. The third kappa shape index (κ3) is 3.09. The SMILES string of the molecule is O=C(CN1C(=O)c2ccccc2C1=O)NNC(=O)c1ccccc1F. The minimum Gasteiger partial charge on any atom is -0.271 e. The number of halogens is 1. The summed E-state index contributed by atoms with van der Waals surface area (Å²) in [6.07, 6.45) is 0. The standard InChI is InChI=1S/C17H12FN3O4/c18-13-8-4-3-7-12(13)15(23)20-19-14(22)9-21-16(24)10-5-1-2-6-11(10)17(21)25/h1-8H,9H2,(H,19,22)(H,20,23). The molecule has 1 aliphatic rings. The molecule has 7 nitrogen and oxygen atoms in total. The Morgan fingerprint density at radius 1 is 0.880 bits per heavy atom. The molecule has 25 heavy (non-hydrogen) atoms. The minimum absolute atomic E-state index is 0.218. The quantitative estimate of drug-likeness (QED) is 0.640. The number of hydrogen-bond acceptors (Lipinski definition) is 4. The maximum absolute atomic E-state index is 13.5. The molecule has 4 amide bonds. The largest absolute Gasteiger partial charge is 0.272 e. The summed E-state index contributed by atoms with van der Waals surface area (Å²) in [6.45, 7) is -0.566. The fourth-order valence-electron chi connectivity index (χ4n) is 2.41. The molecule has 126 valence electrons. The van der Waals surface area contributed by atoms with Gasteiger partial charge < -0.3 is 0 Å². The molecule has 0 spiro atoms. The zero-order valence-corrected chi connectivity index (χ0v) is 12.8. The summed E-state index contributed by atoms with van der Waals surface area (Å²) >= 11 is 0. The van der Waals surface area contributed by atoms with Crippen LogP contribution in [-0.2, 0) is 4.79 Å². The zero-order valence-electron chi connectivity index (χ0n) is 12.8. The van der Waals surface area contributed by atoms with Crippen LogP contribution in [0.1, 0.15) is 31.1 Å². The van der Waals surface area contributed by atoms with E-state index in [0.29, 0.717) is 0 Å². The molecular formula is C17H12FN3O4. The van der Waals surface area contributed by atoms with E-state index in [1.165, 1.54) is 30.3 Å². The summed E-state index contributed by atoms with van der Waals surface area (Å²) in [5.41, 5.74) is 4.28. The number of hydrazine groups is 1. The summed E-state index contributed by atoms with van der Waals surface area (Å²) in [5, 5.41) is 0. The maximum Gasteiger partial charge on any atom is 0.272 e. The third-order valence-electron chi connectivity index (χ3n) is 3.61. The second-order valence-electron chi connectivity index (χ2n) is 5.22. The van der Waals surface area contributed by atoms with Crippen LogP contribution in [0.5, 0.6) is 0 Å². The van der Waals surface area contributed by atoms with Crippen molar-refractivity contribution in [2.24, 2.45) is 0 Å². The second-order valence-corrected chi connectivity index (χ2v) is 5.22. The lowest BCUT2D eigenvalue weighted by Crippen LogP contribution is -2.47. The number of imide groups is 1. The van der Waals surface area contributed by atoms with Gasteiger partial charge in [-0.25, -0.2) is 4.39 Å². The predicted octanol–water partition coefficient (Wildman–Crippen LogP) is 0.883. The Hall–Kier alpha value is -3.55. The van der Waals surface area contributed by atoms with E-state index in [0.717, 1.165) is 11.0 Å². The van der Waals surface area contributed by atoms with Gasteiger partial charge in [-0.15, -0.1) is 0 Å². The molecule has 0 fully saturated rings. The number of amides is 4. The van der Waals surface area contributed by atoms with Gasteiger partial charge in [0.15, 0.2) is 0 Å². The molecule has 0 saturated heterocycles. The lowest BCUT2D eigenvalue weighted by molar-refractivity contribution is -0.122. The van der Waals surface area contributed by atoms with Crippen LogP contribution < -0.4 is 10.9 Å². The van der Waals surface area contributed by atoms with Gasteiger partial charge in [0.05, 0.1) is 16.7 Å². The van der Waals surface area contributed by atoms with Crippen molar-refractivity contribution in [1.29, 1.82) is 0 Å². The van der Waals surface area contributed by atoms with E-state index in [1.54, 1.807) is 12.1 Å². The molecule has 2 N–H and O–H groups in total. The van der Waals surface area contributed by atoms with E-state index in [2.05, 4.69) is 5.43 Å². The van der Waals surface area contributed by atoms with E-state index in [9.17, 15) is 23.6 Å². The molecule has 0 atom stereocenters. The molecule has 0 saturated carbocycles. The number of nitrogens with zero attached hydrogens (tertiary/aromatic N) is 1. The molecule has 0 aromatic heterocycles. The van der Waals surface area contributed by atoms with Crippen LogP contribution in [0.3, 0.4) is 0 Å². The van der Waals surface area contributed by atoms with E-state index >= 15 is 0 Å². The summed E-state index contributed by atoms with van der Waals surface area (Å²) in [4.78, 5) is 48.7. The van der Waals surface area contributed by atoms with E-state index in [-0.39, 0.29) is 16.7 Å². The molecule has 1 heterocycles. The van der Waals surface area contributed by atoms with Gasteiger partial charge >= 0.3 is 0 Å². The van der Waals surface area contributed by atoms with Crippen LogP contribution >= 0.6 is 0 Å². The molecular weight excluding hydrogens is 329 g/mol. The fourth-order valence-corrected chi connectivity index (χ4v) is 2.41.